The summed E-state index contributed by atoms with van der Waals surface area (Å²) < 4.78 is 55.8. The molecule has 0 spiro atoms. The van der Waals surface area contributed by atoms with E-state index >= 15 is 0 Å². The molecule has 190 valence electrons. The van der Waals surface area contributed by atoms with Gasteiger partial charge in [0.05, 0.1) is 29.5 Å². The Bertz CT molecular complexity index is 1370. The Labute approximate surface area is 201 Å². The molecule has 0 bridgehead atoms. The van der Waals surface area contributed by atoms with E-state index < -0.39 is 48.9 Å². The van der Waals surface area contributed by atoms with Gasteiger partial charge in [-0.25, -0.2) is 13.9 Å². The SMILES string of the molecule is C[C@@](O)(C(=O)N1CC(F)C(N2CCc3ncc(-c4ccc5c(N)ncnn45)cc3C2=O)C1)C(F)(F)F. The van der Waals surface area contributed by atoms with Gasteiger partial charge in [0.1, 0.15) is 18.0 Å². The van der Waals surface area contributed by atoms with Gasteiger partial charge in [-0.15, -0.1) is 0 Å². The normalized spacial score (nSPS) is 22.1. The van der Waals surface area contributed by atoms with Crippen LogP contribution in [-0.2, 0) is 11.2 Å². The number of carbonyl (C=O) groups is 2. The van der Waals surface area contributed by atoms with E-state index in [2.05, 4.69) is 15.1 Å². The monoisotopic (exact) mass is 507 g/mol. The van der Waals surface area contributed by atoms with Crippen LogP contribution < -0.4 is 5.73 Å². The Morgan fingerprint density at radius 1 is 1.22 bits per heavy atom. The average molecular weight is 507 g/mol. The molecule has 10 nitrogen and oxygen atoms in total. The number of alkyl halides is 4. The lowest BCUT2D eigenvalue weighted by molar-refractivity contribution is -0.249. The number of hydrogen-bond acceptors (Lipinski definition) is 7. The highest BCUT2D eigenvalue weighted by atomic mass is 19.4. The standard InChI is InChI=1S/C22H21F4N7O3/c1-21(36,22(24,25)26)20(35)31-8-13(23)17(9-31)32-5-4-14-12(19(32)34)6-11(7-28-14)15-2-3-16-18(27)29-10-30-33(15)16/h2-3,6-7,10,13,17,36H,4-5,8-9H2,1H3,(H2,27,29,30)/t13?,17?,21-/m1/s1. The second-order valence-electron chi connectivity index (χ2n) is 8.99. The van der Waals surface area contributed by atoms with Crippen molar-refractivity contribution in [3.8, 4) is 11.3 Å². The zero-order chi connectivity index (χ0) is 26.0. The molecular formula is C22H21F4N7O3. The number of nitrogen functional groups attached to an aromatic ring is 1. The number of rotatable bonds is 3. The summed E-state index contributed by atoms with van der Waals surface area (Å²) >= 11 is 0. The van der Waals surface area contributed by atoms with E-state index in [0.29, 0.717) is 40.7 Å². The van der Waals surface area contributed by atoms with Gasteiger partial charge in [0.2, 0.25) is 5.60 Å². The maximum absolute atomic E-state index is 14.9. The molecule has 5 rings (SSSR count). The number of aromatic nitrogens is 4. The average Bonchev–Trinajstić information content (AvgIpc) is 3.43. The van der Waals surface area contributed by atoms with Crippen LogP contribution in [0.2, 0.25) is 0 Å². The first-order valence-corrected chi connectivity index (χ1v) is 11.0. The molecule has 3 atom stereocenters. The van der Waals surface area contributed by atoms with Crippen LogP contribution in [-0.4, -0.2) is 89.9 Å². The Balaban J connectivity index is 1.41. The molecule has 0 aromatic carbocycles. The van der Waals surface area contributed by atoms with Crippen LogP contribution in [0, 0.1) is 0 Å². The fraction of sp³-hybridized carbons (Fsp3) is 0.409. The summed E-state index contributed by atoms with van der Waals surface area (Å²) in [4.78, 5) is 35.8. The maximum Gasteiger partial charge on any atom is 0.426 e. The third-order valence-corrected chi connectivity index (χ3v) is 6.70. The van der Waals surface area contributed by atoms with E-state index in [1.807, 2.05) is 0 Å². The Morgan fingerprint density at radius 2 is 1.97 bits per heavy atom. The van der Waals surface area contributed by atoms with Gasteiger partial charge in [0, 0.05) is 31.3 Å². The molecule has 0 aliphatic carbocycles. The smallest absolute Gasteiger partial charge is 0.382 e. The number of fused-ring (bicyclic) bond motifs is 2. The van der Waals surface area contributed by atoms with Gasteiger partial charge in [-0.2, -0.15) is 18.3 Å². The Morgan fingerprint density at radius 3 is 2.69 bits per heavy atom. The van der Waals surface area contributed by atoms with Gasteiger partial charge in [-0.3, -0.25) is 14.6 Å². The van der Waals surface area contributed by atoms with Crippen molar-refractivity contribution >= 4 is 23.1 Å². The molecule has 14 heteroatoms. The molecule has 0 radical (unpaired) electrons. The number of nitrogens with two attached hydrogens (primary N) is 1. The second-order valence-corrected chi connectivity index (χ2v) is 8.99. The van der Waals surface area contributed by atoms with Crippen molar-refractivity contribution < 1.29 is 32.3 Å². The van der Waals surface area contributed by atoms with Gasteiger partial charge in [0.25, 0.3) is 11.8 Å². The molecule has 36 heavy (non-hydrogen) atoms. The first-order chi connectivity index (χ1) is 16.9. The number of halogens is 4. The quantitative estimate of drug-likeness (QED) is 0.510. The van der Waals surface area contributed by atoms with Gasteiger partial charge < -0.3 is 20.6 Å². The lowest BCUT2D eigenvalue weighted by Gasteiger charge is -2.34. The predicted octanol–water partition coefficient (Wildman–Crippen LogP) is 1.23. The van der Waals surface area contributed by atoms with Crippen molar-refractivity contribution in [2.45, 2.75) is 37.3 Å². The highest BCUT2D eigenvalue weighted by Gasteiger charge is 2.58. The molecule has 2 aliphatic heterocycles. The largest absolute Gasteiger partial charge is 0.426 e. The first-order valence-electron chi connectivity index (χ1n) is 11.0. The lowest BCUT2D eigenvalue weighted by atomic mass is 9.99. The van der Waals surface area contributed by atoms with E-state index in [0.717, 1.165) is 0 Å². The highest BCUT2D eigenvalue weighted by molar-refractivity contribution is 5.98. The summed E-state index contributed by atoms with van der Waals surface area (Å²) in [5.74, 6) is -1.94. The van der Waals surface area contributed by atoms with Crippen molar-refractivity contribution in [1.29, 1.82) is 0 Å². The van der Waals surface area contributed by atoms with Crippen LogP contribution in [0.1, 0.15) is 23.0 Å². The van der Waals surface area contributed by atoms with Gasteiger partial charge in [-0.05, 0) is 25.1 Å². The van der Waals surface area contributed by atoms with Crippen molar-refractivity contribution in [2.24, 2.45) is 0 Å². The lowest BCUT2D eigenvalue weighted by Crippen LogP contribution is -2.56. The number of aliphatic hydroxyl groups is 1. The molecule has 5 heterocycles. The zero-order valence-corrected chi connectivity index (χ0v) is 18.9. The molecule has 1 fully saturated rings. The summed E-state index contributed by atoms with van der Waals surface area (Å²) in [6, 6.07) is 3.88. The number of pyridine rings is 1. The number of nitrogens with zero attached hydrogens (tertiary/aromatic N) is 6. The van der Waals surface area contributed by atoms with Crippen LogP contribution in [0.4, 0.5) is 23.4 Å². The number of likely N-dealkylation sites (tertiary alicyclic amines) is 1. The molecule has 2 amide bonds. The topological polar surface area (TPSA) is 130 Å². The summed E-state index contributed by atoms with van der Waals surface area (Å²) in [6.07, 6.45) is -3.85. The van der Waals surface area contributed by atoms with E-state index in [4.69, 9.17) is 5.73 Å². The van der Waals surface area contributed by atoms with Gasteiger partial charge in [-0.1, -0.05) is 0 Å². The van der Waals surface area contributed by atoms with Gasteiger partial charge in [0.15, 0.2) is 5.82 Å². The summed E-state index contributed by atoms with van der Waals surface area (Å²) in [5.41, 5.74) is 4.62. The van der Waals surface area contributed by atoms with E-state index in [1.165, 1.54) is 11.2 Å². The molecule has 3 aromatic heterocycles. The molecular weight excluding hydrogens is 486 g/mol. The molecule has 0 saturated carbocycles. The summed E-state index contributed by atoms with van der Waals surface area (Å²) in [7, 11) is 0. The van der Waals surface area contributed by atoms with Crippen molar-refractivity contribution in [1.82, 2.24) is 29.4 Å². The molecule has 3 aromatic rings. The second kappa shape index (κ2) is 8.11. The number of amides is 2. The van der Waals surface area contributed by atoms with Gasteiger partial charge >= 0.3 is 6.18 Å². The fourth-order valence-electron chi connectivity index (χ4n) is 4.62. The van der Waals surface area contributed by atoms with Crippen LogP contribution >= 0.6 is 0 Å². The Kier molecular flexibility index (Phi) is 5.39. The summed E-state index contributed by atoms with van der Waals surface area (Å²) in [6.45, 7) is -0.726. The number of hydrogen-bond donors (Lipinski definition) is 2. The van der Waals surface area contributed by atoms with Crippen LogP contribution in [0.3, 0.4) is 0 Å². The minimum Gasteiger partial charge on any atom is -0.382 e. The van der Waals surface area contributed by atoms with E-state index in [9.17, 15) is 32.3 Å². The maximum atomic E-state index is 14.9. The van der Waals surface area contributed by atoms with Crippen molar-refractivity contribution in [3.63, 3.8) is 0 Å². The zero-order valence-electron chi connectivity index (χ0n) is 18.9. The number of carbonyl (C=O) groups excluding carboxylic acids is 2. The summed E-state index contributed by atoms with van der Waals surface area (Å²) in [5, 5.41) is 13.9. The molecule has 1 saturated heterocycles. The predicted molar refractivity (Wildman–Crippen MR) is 117 cm³/mol. The Hall–Kier alpha value is -3.81. The van der Waals surface area contributed by atoms with E-state index in [-0.39, 0.29) is 17.9 Å². The van der Waals surface area contributed by atoms with Crippen LogP contribution in [0.15, 0.2) is 30.7 Å². The molecule has 2 unspecified atom stereocenters. The first kappa shape index (κ1) is 23.9. The highest BCUT2D eigenvalue weighted by Crippen LogP contribution is 2.34. The molecule has 2 aliphatic rings. The number of anilines is 1. The third-order valence-electron chi connectivity index (χ3n) is 6.70. The fourth-order valence-corrected chi connectivity index (χ4v) is 4.62. The van der Waals surface area contributed by atoms with Crippen molar-refractivity contribution in [2.75, 3.05) is 25.4 Å². The van der Waals surface area contributed by atoms with Crippen LogP contribution in [0.25, 0.3) is 16.8 Å². The van der Waals surface area contributed by atoms with Crippen LogP contribution in [0.5, 0.6) is 0 Å². The third kappa shape index (κ3) is 3.63. The minimum atomic E-state index is -5.23. The van der Waals surface area contributed by atoms with E-state index in [1.54, 1.807) is 28.9 Å². The van der Waals surface area contributed by atoms with Crippen molar-refractivity contribution in [3.05, 3.63) is 42.0 Å². The minimum absolute atomic E-state index is 0.0821. The molecule has 3 N–H and O–H groups in total.